The van der Waals surface area contributed by atoms with Crippen LogP contribution in [-0.4, -0.2) is 9.78 Å². The molecule has 0 aliphatic rings. The molecule has 1 aromatic heterocycles. The predicted molar refractivity (Wildman–Crippen MR) is 72.7 cm³/mol. The summed E-state index contributed by atoms with van der Waals surface area (Å²) in [6.45, 7) is 1.96. The molecule has 0 spiro atoms. The van der Waals surface area contributed by atoms with Gasteiger partial charge in [-0.25, -0.2) is 4.39 Å². The summed E-state index contributed by atoms with van der Waals surface area (Å²) in [5.74, 6) is 5.37. The third-order valence-corrected chi connectivity index (χ3v) is 3.43. The van der Waals surface area contributed by atoms with Crippen molar-refractivity contribution in [3.63, 3.8) is 0 Å². The molecular formula is C14H19FN4. The Hall–Kier alpha value is -1.72. The highest BCUT2D eigenvalue weighted by Crippen LogP contribution is 2.22. The second-order valence-corrected chi connectivity index (χ2v) is 4.70. The van der Waals surface area contributed by atoms with Crippen LogP contribution in [0.4, 0.5) is 4.39 Å². The number of hydrazine groups is 1. The highest BCUT2D eigenvalue weighted by molar-refractivity contribution is 5.29. The van der Waals surface area contributed by atoms with Crippen molar-refractivity contribution in [2.45, 2.75) is 25.8 Å². The Labute approximate surface area is 112 Å². The van der Waals surface area contributed by atoms with Crippen LogP contribution < -0.4 is 11.3 Å². The molecule has 0 fully saturated rings. The van der Waals surface area contributed by atoms with Crippen LogP contribution in [0.2, 0.25) is 0 Å². The Morgan fingerprint density at radius 1 is 1.42 bits per heavy atom. The maximum absolute atomic E-state index is 13.3. The number of aryl methyl sites for hydroxylation is 3. The molecule has 1 aromatic carbocycles. The largest absolute Gasteiger partial charge is 0.273 e. The van der Waals surface area contributed by atoms with E-state index in [1.807, 2.05) is 24.7 Å². The summed E-state index contributed by atoms with van der Waals surface area (Å²) in [5.41, 5.74) is 5.85. The number of rotatable bonds is 5. The minimum absolute atomic E-state index is 0.0643. The molecule has 102 valence electrons. The molecule has 0 amide bonds. The Kier molecular flexibility index (Phi) is 4.29. The lowest BCUT2D eigenvalue weighted by molar-refractivity contribution is 0.500. The van der Waals surface area contributed by atoms with Crippen molar-refractivity contribution < 1.29 is 4.39 Å². The van der Waals surface area contributed by atoms with E-state index in [1.165, 1.54) is 6.07 Å². The SMILES string of the molecule is Cc1ccc(F)cc1C(CCc1ccnn1C)NN. The van der Waals surface area contributed by atoms with Gasteiger partial charge in [0.1, 0.15) is 5.82 Å². The molecule has 1 unspecified atom stereocenters. The lowest BCUT2D eigenvalue weighted by Crippen LogP contribution is -2.29. The molecule has 2 aromatic rings. The Bertz CT molecular complexity index is 550. The van der Waals surface area contributed by atoms with E-state index in [4.69, 9.17) is 5.84 Å². The predicted octanol–water partition coefficient (Wildman–Crippen LogP) is 2.00. The minimum Gasteiger partial charge on any atom is -0.273 e. The average molecular weight is 262 g/mol. The van der Waals surface area contributed by atoms with E-state index in [2.05, 4.69) is 10.5 Å². The highest BCUT2D eigenvalue weighted by Gasteiger charge is 2.14. The number of hydrogen-bond donors (Lipinski definition) is 2. The smallest absolute Gasteiger partial charge is 0.123 e. The standard InChI is InChI=1S/C14H19FN4/c1-10-3-4-11(15)9-13(10)14(18-16)6-5-12-7-8-17-19(12)2/h3-4,7-9,14,18H,5-6,16H2,1-2H3. The van der Waals surface area contributed by atoms with Crippen LogP contribution in [-0.2, 0) is 13.5 Å². The van der Waals surface area contributed by atoms with Crippen molar-refractivity contribution in [1.82, 2.24) is 15.2 Å². The molecule has 0 saturated carbocycles. The molecule has 0 saturated heterocycles. The molecule has 0 aliphatic heterocycles. The number of nitrogens with two attached hydrogens (primary N) is 1. The average Bonchev–Trinajstić information content (AvgIpc) is 2.80. The quantitative estimate of drug-likeness (QED) is 0.640. The third kappa shape index (κ3) is 3.19. The number of benzene rings is 1. The van der Waals surface area contributed by atoms with Gasteiger partial charge in [0.25, 0.3) is 0 Å². The molecule has 0 bridgehead atoms. The number of nitrogens with zero attached hydrogens (tertiary/aromatic N) is 2. The van der Waals surface area contributed by atoms with Crippen LogP contribution in [0.3, 0.4) is 0 Å². The maximum atomic E-state index is 13.3. The van der Waals surface area contributed by atoms with Gasteiger partial charge in [-0.15, -0.1) is 0 Å². The van der Waals surface area contributed by atoms with E-state index in [1.54, 1.807) is 18.3 Å². The first-order valence-corrected chi connectivity index (χ1v) is 6.31. The van der Waals surface area contributed by atoms with E-state index >= 15 is 0 Å². The number of nitrogens with one attached hydrogen (secondary N) is 1. The normalized spacial score (nSPS) is 12.6. The molecule has 0 radical (unpaired) electrons. The van der Waals surface area contributed by atoms with Gasteiger partial charge < -0.3 is 0 Å². The van der Waals surface area contributed by atoms with Crippen LogP contribution in [0.1, 0.15) is 29.3 Å². The van der Waals surface area contributed by atoms with Crippen LogP contribution in [0.5, 0.6) is 0 Å². The van der Waals surface area contributed by atoms with Gasteiger partial charge in [-0.3, -0.25) is 16.0 Å². The molecular weight excluding hydrogens is 243 g/mol. The van der Waals surface area contributed by atoms with Crippen molar-refractivity contribution in [2.24, 2.45) is 12.9 Å². The van der Waals surface area contributed by atoms with E-state index in [9.17, 15) is 4.39 Å². The summed E-state index contributed by atoms with van der Waals surface area (Å²) in [5, 5.41) is 4.13. The number of halogens is 1. The van der Waals surface area contributed by atoms with E-state index in [0.29, 0.717) is 0 Å². The number of aromatic nitrogens is 2. The summed E-state index contributed by atoms with van der Waals surface area (Å²) in [4.78, 5) is 0. The zero-order valence-electron chi connectivity index (χ0n) is 11.2. The number of hydrogen-bond acceptors (Lipinski definition) is 3. The third-order valence-electron chi connectivity index (χ3n) is 3.43. The molecule has 19 heavy (non-hydrogen) atoms. The fourth-order valence-corrected chi connectivity index (χ4v) is 2.25. The molecule has 2 rings (SSSR count). The minimum atomic E-state index is -0.235. The first-order chi connectivity index (χ1) is 9.11. The van der Waals surface area contributed by atoms with Gasteiger partial charge in [0.05, 0.1) is 0 Å². The zero-order valence-corrected chi connectivity index (χ0v) is 11.2. The zero-order chi connectivity index (χ0) is 13.8. The van der Waals surface area contributed by atoms with Gasteiger partial charge in [0, 0.05) is 25.0 Å². The van der Waals surface area contributed by atoms with Crippen molar-refractivity contribution >= 4 is 0 Å². The molecule has 4 nitrogen and oxygen atoms in total. The van der Waals surface area contributed by atoms with Gasteiger partial charge in [-0.2, -0.15) is 5.10 Å². The highest BCUT2D eigenvalue weighted by atomic mass is 19.1. The molecule has 3 N–H and O–H groups in total. The van der Waals surface area contributed by atoms with Gasteiger partial charge in [0.15, 0.2) is 0 Å². The first kappa shape index (κ1) is 13.7. The van der Waals surface area contributed by atoms with Crippen molar-refractivity contribution in [2.75, 3.05) is 0 Å². The van der Waals surface area contributed by atoms with E-state index in [0.717, 1.165) is 29.7 Å². The molecule has 1 atom stereocenters. The Morgan fingerprint density at radius 3 is 2.84 bits per heavy atom. The molecule has 0 aliphatic carbocycles. The van der Waals surface area contributed by atoms with Crippen molar-refractivity contribution in [3.05, 3.63) is 53.1 Å². The fraction of sp³-hybridized carbons (Fsp3) is 0.357. The summed E-state index contributed by atoms with van der Waals surface area (Å²) >= 11 is 0. The van der Waals surface area contributed by atoms with Crippen LogP contribution >= 0.6 is 0 Å². The fourth-order valence-electron chi connectivity index (χ4n) is 2.25. The second-order valence-electron chi connectivity index (χ2n) is 4.70. The first-order valence-electron chi connectivity index (χ1n) is 6.31. The van der Waals surface area contributed by atoms with Crippen molar-refractivity contribution in [3.8, 4) is 0 Å². The molecule has 1 heterocycles. The summed E-state index contributed by atoms with van der Waals surface area (Å²) in [6.07, 6.45) is 3.40. The van der Waals surface area contributed by atoms with Gasteiger partial charge >= 0.3 is 0 Å². The summed E-state index contributed by atoms with van der Waals surface area (Å²) < 4.78 is 15.2. The van der Waals surface area contributed by atoms with Crippen LogP contribution in [0.15, 0.2) is 30.5 Å². The van der Waals surface area contributed by atoms with Gasteiger partial charge in [0.2, 0.25) is 0 Å². The maximum Gasteiger partial charge on any atom is 0.123 e. The summed E-state index contributed by atoms with van der Waals surface area (Å²) in [6, 6.07) is 6.70. The summed E-state index contributed by atoms with van der Waals surface area (Å²) in [7, 11) is 1.91. The van der Waals surface area contributed by atoms with Gasteiger partial charge in [-0.1, -0.05) is 6.07 Å². The lowest BCUT2D eigenvalue weighted by Gasteiger charge is -2.18. The monoisotopic (exact) mass is 262 g/mol. The van der Waals surface area contributed by atoms with Crippen molar-refractivity contribution in [1.29, 1.82) is 0 Å². The Morgan fingerprint density at radius 2 is 2.21 bits per heavy atom. The topological polar surface area (TPSA) is 55.9 Å². The molecule has 5 heteroatoms. The Balaban J connectivity index is 2.12. The lowest BCUT2D eigenvalue weighted by atomic mass is 9.97. The second kappa shape index (κ2) is 5.95. The van der Waals surface area contributed by atoms with Crippen LogP contribution in [0, 0.1) is 12.7 Å². The van der Waals surface area contributed by atoms with E-state index < -0.39 is 0 Å². The van der Waals surface area contributed by atoms with Gasteiger partial charge in [-0.05, 0) is 49.1 Å². The van der Waals surface area contributed by atoms with E-state index in [-0.39, 0.29) is 11.9 Å². The van der Waals surface area contributed by atoms with Crippen LogP contribution in [0.25, 0.3) is 0 Å².